The molecule has 0 atom stereocenters. The molecule has 0 aliphatic heterocycles. The SMILES string of the molecule is CSc1ccc(C=C2CC(c3ccccc3)CC(=Cc3ccc(SC)cc3)C2=O)cc1. The standard InChI is InChI=1S/C28H26OS2/c1-30-26-12-8-20(9-13-26)16-24-18-23(22-6-4-3-5-7-22)19-25(28(24)29)17-21-10-14-27(31-2)15-11-21/h3-17,23H,18-19H2,1-2H3. The summed E-state index contributed by atoms with van der Waals surface area (Å²) in [6, 6.07) is 27.4. The van der Waals surface area contributed by atoms with E-state index in [1.165, 1.54) is 15.4 Å². The Kier molecular flexibility index (Phi) is 7.16. The summed E-state index contributed by atoms with van der Waals surface area (Å²) in [6.45, 7) is 0. The van der Waals surface area contributed by atoms with Gasteiger partial charge in [-0.25, -0.2) is 0 Å². The molecule has 1 saturated carbocycles. The molecule has 1 nitrogen and oxygen atoms in total. The van der Waals surface area contributed by atoms with Crippen LogP contribution in [0, 0.1) is 0 Å². The molecule has 1 fully saturated rings. The van der Waals surface area contributed by atoms with Crippen molar-refractivity contribution in [1.82, 2.24) is 0 Å². The third kappa shape index (κ3) is 5.41. The van der Waals surface area contributed by atoms with Crippen LogP contribution in [0.25, 0.3) is 12.2 Å². The summed E-state index contributed by atoms with van der Waals surface area (Å²) in [6.07, 6.45) is 9.85. The van der Waals surface area contributed by atoms with Crippen molar-refractivity contribution in [3.8, 4) is 0 Å². The molecule has 0 unspecified atom stereocenters. The highest BCUT2D eigenvalue weighted by Gasteiger charge is 2.28. The Morgan fingerprint density at radius 2 is 1.13 bits per heavy atom. The Balaban J connectivity index is 1.70. The van der Waals surface area contributed by atoms with Crippen molar-refractivity contribution in [1.29, 1.82) is 0 Å². The number of allylic oxidation sites excluding steroid dienone is 2. The second kappa shape index (κ2) is 10.2. The van der Waals surface area contributed by atoms with Gasteiger partial charge < -0.3 is 0 Å². The van der Waals surface area contributed by atoms with Crippen LogP contribution >= 0.6 is 23.5 Å². The van der Waals surface area contributed by atoms with Gasteiger partial charge in [0, 0.05) is 20.9 Å². The number of Topliss-reactive ketones (excluding diaryl/α,β-unsaturated/α-hetero) is 1. The van der Waals surface area contributed by atoms with E-state index in [2.05, 4.69) is 97.5 Å². The Hall–Kier alpha value is -2.49. The van der Waals surface area contributed by atoms with Gasteiger partial charge in [-0.2, -0.15) is 0 Å². The largest absolute Gasteiger partial charge is 0.289 e. The molecule has 31 heavy (non-hydrogen) atoms. The number of carbonyl (C=O) groups excluding carboxylic acids is 1. The van der Waals surface area contributed by atoms with E-state index < -0.39 is 0 Å². The van der Waals surface area contributed by atoms with Crippen LogP contribution in [-0.2, 0) is 4.79 Å². The molecule has 3 aromatic carbocycles. The van der Waals surface area contributed by atoms with Gasteiger partial charge in [0.15, 0.2) is 5.78 Å². The third-order valence-corrected chi connectivity index (χ3v) is 7.19. The Morgan fingerprint density at radius 3 is 1.55 bits per heavy atom. The smallest absolute Gasteiger partial charge is 0.185 e. The molecule has 0 bridgehead atoms. The highest BCUT2D eigenvalue weighted by atomic mass is 32.2. The molecule has 0 amide bonds. The van der Waals surface area contributed by atoms with Crippen molar-refractivity contribution >= 4 is 41.5 Å². The van der Waals surface area contributed by atoms with Crippen LogP contribution in [0.4, 0.5) is 0 Å². The normalized spacial score (nSPS) is 19.2. The van der Waals surface area contributed by atoms with E-state index in [1.54, 1.807) is 23.5 Å². The van der Waals surface area contributed by atoms with E-state index in [1.807, 2.05) is 6.07 Å². The highest BCUT2D eigenvalue weighted by Crippen LogP contribution is 2.38. The molecule has 0 spiro atoms. The number of thioether (sulfide) groups is 2. The van der Waals surface area contributed by atoms with Crippen molar-refractivity contribution in [2.45, 2.75) is 28.6 Å². The molecule has 3 heteroatoms. The molecule has 3 aromatic rings. The lowest BCUT2D eigenvalue weighted by molar-refractivity contribution is -0.113. The number of carbonyl (C=O) groups is 1. The summed E-state index contributed by atoms with van der Waals surface area (Å²) in [5.41, 5.74) is 5.24. The molecule has 0 aromatic heterocycles. The molecule has 0 saturated heterocycles. The topological polar surface area (TPSA) is 17.1 Å². The zero-order valence-electron chi connectivity index (χ0n) is 17.9. The van der Waals surface area contributed by atoms with Crippen LogP contribution in [0.2, 0.25) is 0 Å². The van der Waals surface area contributed by atoms with E-state index >= 15 is 0 Å². The van der Waals surface area contributed by atoms with Gasteiger partial charge in [-0.15, -0.1) is 23.5 Å². The van der Waals surface area contributed by atoms with Crippen molar-refractivity contribution in [3.63, 3.8) is 0 Å². The van der Waals surface area contributed by atoms with Crippen LogP contribution < -0.4 is 0 Å². The summed E-state index contributed by atoms with van der Waals surface area (Å²) >= 11 is 3.46. The van der Waals surface area contributed by atoms with Crippen molar-refractivity contribution in [3.05, 3.63) is 107 Å². The van der Waals surface area contributed by atoms with Crippen molar-refractivity contribution in [2.24, 2.45) is 0 Å². The minimum Gasteiger partial charge on any atom is -0.289 e. The molecule has 1 aliphatic carbocycles. The fourth-order valence-electron chi connectivity index (χ4n) is 4.01. The molecule has 4 rings (SSSR count). The summed E-state index contributed by atoms with van der Waals surface area (Å²) in [5, 5.41) is 0. The van der Waals surface area contributed by atoms with E-state index in [0.717, 1.165) is 35.1 Å². The average molecular weight is 443 g/mol. The van der Waals surface area contributed by atoms with Crippen LogP contribution in [0.3, 0.4) is 0 Å². The highest BCUT2D eigenvalue weighted by molar-refractivity contribution is 7.98. The molecular formula is C28H26OS2. The fourth-order valence-corrected chi connectivity index (χ4v) is 4.82. The van der Waals surface area contributed by atoms with Crippen LogP contribution in [0.15, 0.2) is 99.8 Å². The Morgan fingerprint density at radius 1 is 0.677 bits per heavy atom. The summed E-state index contributed by atoms with van der Waals surface area (Å²) in [5.74, 6) is 0.488. The second-order valence-corrected chi connectivity index (χ2v) is 9.49. The van der Waals surface area contributed by atoms with Crippen molar-refractivity contribution in [2.75, 3.05) is 12.5 Å². The Bertz CT molecular complexity index is 1020. The van der Waals surface area contributed by atoms with Gasteiger partial charge in [0.2, 0.25) is 0 Å². The van der Waals surface area contributed by atoms with Gasteiger partial charge >= 0.3 is 0 Å². The summed E-state index contributed by atoms with van der Waals surface area (Å²) in [4.78, 5) is 15.9. The lowest BCUT2D eigenvalue weighted by Crippen LogP contribution is -2.19. The monoisotopic (exact) mass is 442 g/mol. The number of benzene rings is 3. The maximum absolute atomic E-state index is 13.4. The summed E-state index contributed by atoms with van der Waals surface area (Å²) in [7, 11) is 0. The molecule has 1 aliphatic rings. The second-order valence-electron chi connectivity index (χ2n) is 7.73. The van der Waals surface area contributed by atoms with E-state index in [9.17, 15) is 4.79 Å². The van der Waals surface area contributed by atoms with Gasteiger partial charge in [0.05, 0.1) is 0 Å². The van der Waals surface area contributed by atoms with Crippen LogP contribution in [-0.4, -0.2) is 18.3 Å². The lowest BCUT2D eigenvalue weighted by atomic mass is 9.77. The zero-order valence-corrected chi connectivity index (χ0v) is 19.5. The first-order valence-corrected chi connectivity index (χ1v) is 12.9. The number of hydrogen-bond acceptors (Lipinski definition) is 3. The lowest BCUT2D eigenvalue weighted by Gasteiger charge is -2.26. The quantitative estimate of drug-likeness (QED) is 0.297. The molecule has 0 radical (unpaired) electrons. The average Bonchev–Trinajstić information content (AvgIpc) is 2.83. The first-order chi connectivity index (χ1) is 15.2. The first kappa shape index (κ1) is 21.7. The first-order valence-electron chi connectivity index (χ1n) is 10.4. The number of rotatable bonds is 5. The van der Waals surface area contributed by atoms with Gasteiger partial charge in [0.25, 0.3) is 0 Å². The van der Waals surface area contributed by atoms with E-state index in [0.29, 0.717) is 5.92 Å². The molecule has 0 N–H and O–H groups in total. The fraction of sp³-hybridized carbons (Fsp3) is 0.179. The molecule has 156 valence electrons. The van der Waals surface area contributed by atoms with Crippen LogP contribution in [0.1, 0.15) is 35.4 Å². The van der Waals surface area contributed by atoms with Gasteiger partial charge in [-0.3, -0.25) is 4.79 Å². The van der Waals surface area contributed by atoms with Gasteiger partial charge in [-0.1, -0.05) is 54.6 Å². The van der Waals surface area contributed by atoms with Gasteiger partial charge in [-0.05, 0) is 84.4 Å². The van der Waals surface area contributed by atoms with Gasteiger partial charge in [0.1, 0.15) is 0 Å². The predicted octanol–water partition coefficient (Wildman–Crippen LogP) is 7.74. The van der Waals surface area contributed by atoms with E-state index in [4.69, 9.17) is 0 Å². The summed E-state index contributed by atoms with van der Waals surface area (Å²) < 4.78 is 0. The minimum absolute atomic E-state index is 0.176. The maximum atomic E-state index is 13.4. The Labute approximate surface area is 193 Å². The third-order valence-electron chi connectivity index (χ3n) is 5.70. The minimum atomic E-state index is 0.176. The molecule has 0 heterocycles. The predicted molar refractivity (Wildman–Crippen MR) is 136 cm³/mol. The number of hydrogen-bond donors (Lipinski definition) is 0. The van der Waals surface area contributed by atoms with Crippen LogP contribution in [0.5, 0.6) is 0 Å². The number of ketones is 1. The zero-order chi connectivity index (χ0) is 21.6. The maximum Gasteiger partial charge on any atom is 0.185 e. The van der Waals surface area contributed by atoms with Crippen molar-refractivity contribution < 1.29 is 4.79 Å². The molecular weight excluding hydrogens is 416 g/mol. The van der Waals surface area contributed by atoms with E-state index in [-0.39, 0.29) is 5.78 Å².